The number of nitrogens with one attached hydrogen (secondary N) is 1. The van der Waals surface area contributed by atoms with Crippen molar-refractivity contribution < 1.29 is 4.79 Å². The molecule has 0 bridgehead atoms. The normalized spacial score (nSPS) is 10.9. The Morgan fingerprint density at radius 2 is 2.00 bits per heavy atom. The third-order valence-electron chi connectivity index (χ3n) is 1.65. The molecule has 0 aliphatic carbocycles. The van der Waals surface area contributed by atoms with Crippen LogP contribution < -0.4 is 5.43 Å². The quantitative estimate of drug-likeness (QED) is 0.665. The van der Waals surface area contributed by atoms with Crippen molar-refractivity contribution in [3.63, 3.8) is 0 Å². The maximum absolute atomic E-state index is 11.5. The van der Waals surface area contributed by atoms with Crippen LogP contribution in [0.2, 0.25) is 0 Å². The van der Waals surface area contributed by atoms with E-state index in [1.807, 2.05) is 26.0 Å². The Morgan fingerprint density at radius 1 is 1.40 bits per heavy atom. The predicted octanol–water partition coefficient (Wildman–Crippen LogP) is 2.82. The molecule has 1 aromatic rings. The highest BCUT2D eigenvalue weighted by molar-refractivity contribution is 9.10. The predicted molar refractivity (Wildman–Crippen MR) is 64.9 cm³/mol. The summed E-state index contributed by atoms with van der Waals surface area (Å²) >= 11 is 3.30. The van der Waals surface area contributed by atoms with Crippen molar-refractivity contribution in [1.29, 1.82) is 0 Å². The van der Waals surface area contributed by atoms with E-state index in [9.17, 15) is 4.79 Å². The maximum atomic E-state index is 11.5. The van der Waals surface area contributed by atoms with Gasteiger partial charge in [-0.15, -0.1) is 0 Å². The number of carbonyl (C=O) groups is 1. The molecule has 15 heavy (non-hydrogen) atoms. The van der Waals surface area contributed by atoms with Crippen LogP contribution in [0.15, 0.2) is 33.8 Å². The fourth-order valence-electron chi connectivity index (χ4n) is 0.911. The molecule has 0 saturated carbocycles. The van der Waals surface area contributed by atoms with Gasteiger partial charge < -0.3 is 0 Å². The minimum atomic E-state index is -0.195. The Labute approximate surface area is 97.7 Å². The maximum Gasteiger partial charge on any atom is 0.271 e. The minimum Gasteiger partial charge on any atom is -0.267 e. The van der Waals surface area contributed by atoms with Gasteiger partial charge in [0.25, 0.3) is 5.91 Å². The lowest BCUT2D eigenvalue weighted by Crippen LogP contribution is -2.17. The average molecular weight is 269 g/mol. The first-order valence-electron chi connectivity index (χ1n) is 4.68. The van der Waals surface area contributed by atoms with Crippen LogP contribution in [0.1, 0.15) is 24.2 Å². The van der Waals surface area contributed by atoms with E-state index in [2.05, 4.69) is 26.5 Å². The molecule has 1 amide bonds. The Kier molecular flexibility index (Phi) is 4.49. The van der Waals surface area contributed by atoms with Crippen LogP contribution in [0.4, 0.5) is 0 Å². The molecule has 3 nitrogen and oxygen atoms in total. The first kappa shape index (κ1) is 11.9. The lowest BCUT2D eigenvalue weighted by Gasteiger charge is -2.00. The van der Waals surface area contributed by atoms with Gasteiger partial charge in [0.15, 0.2) is 0 Å². The van der Waals surface area contributed by atoms with E-state index < -0.39 is 0 Å². The topological polar surface area (TPSA) is 41.5 Å². The summed E-state index contributed by atoms with van der Waals surface area (Å²) in [6.07, 6.45) is 1.69. The molecule has 4 heteroatoms. The second kappa shape index (κ2) is 5.66. The zero-order valence-electron chi connectivity index (χ0n) is 8.70. The third-order valence-corrected chi connectivity index (χ3v) is 2.17. The summed E-state index contributed by atoms with van der Waals surface area (Å²) in [4.78, 5) is 11.5. The van der Waals surface area contributed by atoms with Crippen molar-refractivity contribution in [2.24, 2.45) is 11.0 Å². The molecule has 0 atom stereocenters. The summed E-state index contributed by atoms with van der Waals surface area (Å²) in [5.41, 5.74) is 3.06. The van der Waals surface area contributed by atoms with Crippen LogP contribution in [0.3, 0.4) is 0 Å². The highest BCUT2D eigenvalue weighted by Gasteiger charge is 2.02. The Hall–Kier alpha value is -1.16. The zero-order chi connectivity index (χ0) is 11.3. The van der Waals surface area contributed by atoms with Crippen LogP contribution in [-0.2, 0) is 0 Å². The summed E-state index contributed by atoms with van der Waals surface area (Å²) < 4.78 is 0.949. The highest BCUT2D eigenvalue weighted by atomic mass is 79.9. The summed E-state index contributed by atoms with van der Waals surface area (Å²) in [6, 6.07) is 7.12. The van der Waals surface area contributed by atoms with Crippen molar-refractivity contribution in [2.45, 2.75) is 13.8 Å². The van der Waals surface area contributed by atoms with E-state index in [1.54, 1.807) is 18.3 Å². The minimum absolute atomic E-state index is 0.195. The molecule has 80 valence electrons. The molecule has 0 aromatic heterocycles. The van der Waals surface area contributed by atoms with Gasteiger partial charge >= 0.3 is 0 Å². The molecule has 0 fully saturated rings. The van der Waals surface area contributed by atoms with E-state index in [4.69, 9.17) is 0 Å². The molecule has 0 radical (unpaired) electrons. The van der Waals surface area contributed by atoms with Crippen LogP contribution in [0.25, 0.3) is 0 Å². The van der Waals surface area contributed by atoms with Crippen molar-refractivity contribution in [3.8, 4) is 0 Å². The highest BCUT2D eigenvalue weighted by Crippen LogP contribution is 2.10. The Bertz CT molecular complexity index is 357. The van der Waals surface area contributed by atoms with Gasteiger partial charge in [-0.3, -0.25) is 4.79 Å². The fraction of sp³-hybridized carbons (Fsp3) is 0.273. The molecule has 0 saturated heterocycles. The van der Waals surface area contributed by atoms with Crippen molar-refractivity contribution in [3.05, 3.63) is 34.3 Å². The van der Waals surface area contributed by atoms with Crippen LogP contribution in [0.5, 0.6) is 0 Å². The number of amides is 1. The molecular weight excluding hydrogens is 256 g/mol. The van der Waals surface area contributed by atoms with Gasteiger partial charge in [0, 0.05) is 16.3 Å². The number of carbonyl (C=O) groups excluding carboxylic acids is 1. The van der Waals surface area contributed by atoms with Crippen molar-refractivity contribution in [2.75, 3.05) is 0 Å². The number of hydrogen-bond donors (Lipinski definition) is 1. The SMILES string of the molecule is CC(C)/C=N\NC(=O)c1ccc(Br)cc1. The molecule has 1 aromatic carbocycles. The molecule has 0 aliphatic rings. The average Bonchev–Trinajstić information content (AvgIpc) is 2.18. The first-order valence-corrected chi connectivity index (χ1v) is 5.48. The molecule has 0 heterocycles. The van der Waals surface area contributed by atoms with Crippen LogP contribution in [0, 0.1) is 5.92 Å². The zero-order valence-corrected chi connectivity index (χ0v) is 10.3. The van der Waals surface area contributed by atoms with Gasteiger partial charge in [-0.05, 0) is 30.2 Å². The smallest absolute Gasteiger partial charge is 0.267 e. The van der Waals surface area contributed by atoms with Gasteiger partial charge in [-0.1, -0.05) is 29.8 Å². The van der Waals surface area contributed by atoms with Gasteiger partial charge in [0.1, 0.15) is 0 Å². The number of nitrogens with zero attached hydrogens (tertiary/aromatic N) is 1. The number of hydrogen-bond acceptors (Lipinski definition) is 2. The second-order valence-corrected chi connectivity index (χ2v) is 4.39. The largest absolute Gasteiger partial charge is 0.271 e. The summed E-state index contributed by atoms with van der Waals surface area (Å²) in [6.45, 7) is 3.99. The van der Waals surface area contributed by atoms with Gasteiger partial charge in [-0.2, -0.15) is 5.10 Å². The first-order chi connectivity index (χ1) is 7.09. The van der Waals surface area contributed by atoms with Crippen LogP contribution in [-0.4, -0.2) is 12.1 Å². The van der Waals surface area contributed by atoms with Gasteiger partial charge in [-0.25, -0.2) is 5.43 Å². The van der Waals surface area contributed by atoms with Crippen molar-refractivity contribution in [1.82, 2.24) is 5.43 Å². The molecule has 0 aliphatic heterocycles. The fourth-order valence-corrected chi connectivity index (χ4v) is 1.18. The summed E-state index contributed by atoms with van der Waals surface area (Å²) in [5, 5.41) is 3.83. The number of hydrazone groups is 1. The number of halogens is 1. The number of benzene rings is 1. The summed E-state index contributed by atoms with van der Waals surface area (Å²) in [7, 11) is 0. The van der Waals surface area contributed by atoms with Gasteiger partial charge in [0.05, 0.1) is 0 Å². The third kappa shape index (κ3) is 4.25. The summed E-state index contributed by atoms with van der Waals surface area (Å²) in [5.74, 6) is 0.134. The lowest BCUT2D eigenvalue weighted by molar-refractivity contribution is 0.0955. The molecule has 0 spiro atoms. The molecule has 1 N–H and O–H groups in total. The van der Waals surface area contributed by atoms with E-state index in [0.717, 1.165) is 4.47 Å². The van der Waals surface area contributed by atoms with E-state index >= 15 is 0 Å². The van der Waals surface area contributed by atoms with Crippen molar-refractivity contribution >= 4 is 28.1 Å². The number of rotatable bonds is 3. The van der Waals surface area contributed by atoms with E-state index in [-0.39, 0.29) is 5.91 Å². The van der Waals surface area contributed by atoms with Crippen LogP contribution >= 0.6 is 15.9 Å². The molecular formula is C11H13BrN2O. The lowest BCUT2D eigenvalue weighted by atomic mass is 10.2. The Balaban J connectivity index is 2.58. The van der Waals surface area contributed by atoms with E-state index in [1.165, 1.54) is 0 Å². The standard InChI is InChI=1S/C11H13BrN2O/c1-8(2)7-13-14-11(15)9-3-5-10(12)6-4-9/h3-8H,1-2H3,(H,14,15)/b13-7-. The monoisotopic (exact) mass is 268 g/mol. The second-order valence-electron chi connectivity index (χ2n) is 3.47. The molecule has 0 unspecified atom stereocenters. The Morgan fingerprint density at radius 3 is 2.53 bits per heavy atom. The molecule has 1 rings (SSSR count). The van der Waals surface area contributed by atoms with Gasteiger partial charge in [0.2, 0.25) is 0 Å². The van der Waals surface area contributed by atoms with E-state index in [0.29, 0.717) is 11.5 Å².